The lowest BCUT2D eigenvalue weighted by Gasteiger charge is -2.22. The molecule has 0 aliphatic rings. The summed E-state index contributed by atoms with van der Waals surface area (Å²) in [5.74, 6) is -4.54. The lowest BCUT2D eigenvalue weighted by atomic mass is 9.82. The summed E-state index contributed by atoms with van der Waals surface area (Å²) in [7, 11) is 0. The van der Waals surface area contributed by atoms with Gasteiger partial charge in [-0.1, -0.05) is 146 Å². The predicted molar refractivity (Wildman–Crippen MR) is 279 cm³/mol. The van der Waals surface area contributed by atoms with Crippen LogP contribution in [0, 0.1) is 24.2 Å². The third kappa shape index (κ3) is 39.1. The van der Waals surface area contributed by atoms with E-state index < -0.39 is 28.8 Å². The first-order valence-corrected chi connectivity index (χ1v) is 25.6. The Hall–Kier alpha value is -5.24. The van der Waals surface area contributed by atoms with E-state index in [1.54, 1.807) is 12.1 Å². The van der Waals surface area contributed by atoms with Crippen LogP contribution in [0.2, 0.25) is 0 Å². The van der Waals surface area contributed by atoms with E-state index in [1.807, 2.05) is 93.6 Å². The standard InChI is InChI=1S/2C11H16I.C9H10O2.C7H5NO4.2C6H6S.2C2H4O2.C2H6/c2*1-4-11(2,3)9-5-7-10(12)8-6-9;1-7-2-4-8(5-3-7)6-9(10)11;9-7(10)5-1-3-6(4-2-5)8(11)12;2*7-6-4-2-1-3-5-6;2*1-2(3)4;1-2/h2*5-8,12H,4H2,1-3H3;2-5H,6H2,1H3,(H,10,11);1-4H,(H,9,10);2*1-5,7H;2*1H3,(H,3,4);1-2H3/q2*+1;;;;;;;/p-2. The van der Waals surface area contributed by atoms with Gasteiger partial charge in [0.1, 0.15) is 9.79 Å². The van der Waals surface area contributed by atoms with Crippen molar-refractivity contribution < 1.29 is 89.7 Å². The fraction of sp³-hybridized carbons (Fsp3) is 0.286. The van der Waals surface area contributed by atoms with Crippen LogP contribution in [0.3, 0.4) is 0 Å². The fourth-order valence-electron chi connectivity index (χ4n) is 4.69. The zero-order valence-electron chi connectivity index (χ0n) is 42.5. The maximum atomic E-state index is 10.2. The minimum absolute atomic E-state index is 0.000278. The highest BCUT2D eigenvalue weighted by Crippen LogP contribution is 2.26. The van der Waals surface area contributed by atoms with E-state index >= 15 is 0 Å². The van der Waals surface area contributed by atoms with E-state index in [0.29, 0.717) is 10.8 Å². The first-order valence-electron chi connectivity index (χ1n) is 22.3. The highest BCUT2D eigenvalue weighted by Gasteiger charge is 2.18. The van der Waals surface area contributed by atoms with Gasteiger partial charge in [-0.3, -0.25) is 10.1 Å². The smallest absolute Gasteiger partial charge is 0.296 e. The lowest BCUT2D eigenvalue weighted by Crippen LogP contribution is -3.34. The van der Waals surface area contributed by atoms with E-state index in [-0.39, 0.29) is 17.7 Å². The van der Waals surface area contributed by atoms with E-state index in [0.717, 1.165) is 59.0 Å². The molecule has 6 aromatic carbocycles. The average Bonchev–Trinajstić information content (AvgIpc) is 3.32. The van der Waals surface area contributed by atoms with Gasteiger partial charge in [-0.25, -0.2) is 0 Å². The maximum absolute atomic E-state index is 10.2. The zero-order chi connectivity index (χ0) is 55.2. The Morgan fingerprint density at radius 3 is 1.07 bits per heavy atom. The molecule has 0 atom stereocenters. The Labute approximate surface area is 459 Å². The molecule has 0 spiro atoms. The van der Waals surface area contributed by atoms with E-state index in [4.69, 9.17) is 19.8 Å². The Kier molecular flexibility index (Phi) is 39.8. The second-order valence-corrected chi connectivity index (χ2v) is 19.7. The van der Waals surface area contributed by atoms with Crippen molar-refractivity contribution in [3.8, 4) is 0 Å². The molecule has 0 aliphatic heterocycles. The first-order chi connectivity index (χ1) is 33.2. The maximum Gasteiger partial charge on any atom is 0.296 e. The Bertz CT molecular complexity index is 2220. The third-order valence-corrected chi connectivity index (χ3v) is 11.6. The molecule has 0 saturated carbocycles. The van der Waals surface area contributed by atoms with Crippen LogP contribution in [-0.2, 0) is 56.9 Å². The number of nitro benzene ring substituents is 1. The topological polar surface area (TPSA) is 204 Å². The number of aryl methyl sites for hydroxylation is 1. The average molecular weight is 1240 g/mol. The Morgan fingerprint density at radius 2 is 0.845 bits per heavy atom. The highest BCUT2D eigenvalue weighted by atomic mass is 127. The number of aromatic carboxylic acids is 1. The summed E-state index contributed by atoms with van der Waals surface area (Å²) in [6.45, 7) is 21.5. The van der Waals surface area contributed by atoms with Crippen LogP contribution in [-0.4, -0.2) is 28.8 Å². The summed E-state index contributed by atoms with van der Waals surface area (Å²) in [5.41, 5.74) is 5.25. The van der Waals surface area contributed by atoms with Gasteiger partial charge < -0.3 is 39.6 Å². The summed E-state index contributed by atoms with van der Waals surface area (Å²) in [5, 5.41) is 48.2. The lowest BCUT2D eigenvalue weighted by molar-refractivity contribution is -0.384. The van der Waals surface area contributed by atoms with Gasteiger partial charge in [-0.2, -0.15) is 0 Å². The van der Waals surface area contributed by atoms with E-state index in [2.05, 4.69) is 161 Å². The summed E-state index contributed by atoms with van der Waals surface area (Å²) in [6, 6.07) is 49.5. The summed E-state index contributed by atoms with van der Waals surface area (Å²) in [6.07, 6.45) is 2.38. The van der Waals surface area contributed by atoms with Gasteiger partial charge in [0.15, 0.2) is 7.14 Å². The zero-order valence-corrected chi connectivity index (χ0v) is 49.1. The number of carbonyl (C=O) groups excluding carboxylic acids is 4. The van der Waals surface area contributed by atoms with Crippen LogP contribution < -0.4 is 65.6 Å². The van der Waals surface area contributed by atoms with Crippen molar-refractivity contribution in [2.75, 3.05) is 0 Å². The summed E-state index contributed by atoms with van der Waals surface area (Å²) in [4.78, 5) is 49.9. The number of rotatable bonds is 8. The van der Waals surface area contributed by atoms with Crippen molar-refractivity contribution in [1.29, 1.82) is 0 Å². The number of carboxylic acids is 4. The molecule has 71 heavy (non-hydrogen) atoms. The number of non-ortho nitro benzene ring substituents is 1. The van der Waals surface area contributed by atoms with Crippen molar-refractivity contribution in [2.24, 2.45) is 0 Å². The number of aliphatic carboxylic acids is 3. The largest absolute Gasteiger partial charge is 0.550 e. The van der Waals surface area contributed by atoms with Crippen LogP contribution in [0.5, 0.6) is 0 Å². The molecule has 6 aromatic rings. The molecule has 0 aromatic heterocycles. The monoisotopic (exact) mass is 1240 g/mol. The second-order valence-electron chi connectivity index (χ2n) is 15.9. The van der Waals surface area contributed by atoms with Crippen molar-refractivity contribution in [3.05, 3.63) is 203 Å². The number of hydrogen-bond donors (Lipinski definition) is 0. The summed E-state index contributed by atoms with van der Waals surface area (Å²) < 4.78 is 2.70. The predicted octanol–water partition coefficient (Wildman–Crippen LogP) is 0.557. The molecule has 0 radical (unpaired) electrons. The second kappa shape index (κ2) is 40.4. The molecule has 0 heterocycles. The number of nitro groups is 1. The molecule has 6 rings (SSSR count). The van der Waals surface area contributed by atoms with Gasteiger partial charge in [0, 0.05) is 36.5 Å². The molecule has 0 fully saturated rings. The molecule has 0 bridgehead atoms. The van der Waals surface area contributed by atoms with Crippen LogP contribution >= 0.6 is 0 Å². The molecule has 15 heteroatoms. The SMILES string of the molecule is CC.CC(=O)[O-].CC(=O)[O-].CCC(C)(C)c1ccc([IH+])cc1.CCC(C)(C)c1ccc([IH+])cc1.Cc1ccc(CC(=O)[O-])cc1.O=C([O-])c1ccc([N+](=O)[O-])cc1.[SH2+]c1ccccc1.[SH2+]c1ccccc1. The molecule has 0 aliphatic carbocycles. The molecule has 0 unspecified atom stereocenters. The minimum Gasteiger partial charge on any atom is -0.550 e. The summed E-state index contributed by atoms with van der Waals surface area (Å²) >= 11 is 10.8. The van der Waals surface area contributed by atoms with Crippen molar-refractivity contribution in [3.63, 3.8) is 0 Å². The van der Waals surface area contributed by atoms with Crippen LogP contribution in [0.25, 0.3) is 0 Å². The van der Waals surface area contributed by atoms with Gasteiger partial charge in [0.2, 0.25) is 0 Å². The molecular weight excluding hydrogens is 1160 g/mol. The number of hydrogen-bond acceptors (Lipinski definition) is 10. The van der Waals surface area contributed by atoms with Crippen LogP contribution in [0.4, 0.5) is 5.69 Å². The van der Waals surface area contributed by atoms with Gasteiger partial charge >= 0.3 is 0 Å². The minimum atomic E-state index is -1.34. The number of carboxylic acid groups (broad SMARTS) is 4. The molecule has 0 N–H and O–H groups in total. The highest BCUT2D eigenvalue weighted by molar-refractivity contribution is 7.59. The molecule has 386 valence electrons. The van der Waals surface area contributed by atoms with Gasteiger partial charge in [-0.05, 0) is 153 Å². The normalized spacial score (nSPS) is 9.51. The molecule has 0 saturated heterocycles. The van der Waals surface area contributed by atoms with Crippen LogP contribution in [0.15, 0.2) is 168 Å². The molecule has 0 amide bonds. The van der Waals surface area contributed by atoms with Gasteiger partial charge in [0.05, 0.1) is 10.9 Å². The Morgan fingerprint density at radius 1 is 0.535 bits per heavy atom. The first kappa shape index (κ1) is 70.0. The Balaban J connectivity index is -0.000000759. The quantitative estimate of drug-likeness (QED) is 0.0897. The van der Waals surface area contributed by atoms with Crippen molar-refractivity contribution >= 4 is 54.8 Å². The van der Waals surface area contributed by atoms with E-state index in [9.17, 15) is 29.9 Å². The van der Waals surface area contributed by atoms with Crippen molar-refractivity contribution in [2.45, 2.75) is 116 Å². The molecule has 11 nitrogen and oxygen atoms in total. The number of halogens is 2. The number of benzene rings is 6. The van der Waals surface area contributed by atoms with Gasteiger partial charge in [0.25, 0.3) is 50.9 Å². The van der Waals surface area contributed by atoms with Crippen LogP contribution in [0.1, 0.15) is 115 Å². The van der Waals surface area contributed by atoms with E-state index in [1.165, 1.54) is 31.1 Å². The van der Waals surface area contributed by atoms with Crippen molar-refractivity contribution in [1.82, 2.24) is 0 Å². The fourth-order valence-corrected chi connectivity index (χ4v) is 5.85. The molecular formula is C56H71I2NO10S2. The number of nitrogens with zero attached hydrogens (tertiary/aromatic N) is 1. The van der Waals surface area contributed by atoms with Gasteiger partial charge in [-0.15, -0.1) is 0 Å². The number of carbonyl (C=O) groups is 4. The third-order valence-electron chi connectivity index (χ3n) is 9.37.